The van der Waals surface area contributed by atoms with Gasteiger partial charge in [0.15, 0.2) is 0 Å². The normalized spacial score (nSPS) is 16.0. The summed E-state index contributed by atoms with van der Waals surface area (Å²) >= 11 is 0. The van der Waals surface area contributed by atoms with Crippen LogP contribution in [0.25, 0.3) is 0 Å². The number of hydrogen-bond acceptors (Lipinski definition) is 4. The Hall–Kier alpha value is -2.23. The minimum Gasteiger partial charge on any atom is -0.268 e. The highest BCUT2D eigenvalue weighted by Crippen LogP contribution is 1.83. The predicted molar refractivity (Wildman–Crippen MR) is 65.2 cm³/mol. The summed E-state index contributed by atoms with van der Waals surface area (Å²) in [6.45, 7) is 0. The molecule has 0 aromatic rings. The van der Waals surface area contributed by atoms with Crippen LogP contribution in [-0.4, -0.2) is 18.8 Å². The first kappa shape index (κ1) is 10.8. The first-order chi connectivity index (χ1) is 7.50. The van der Waals surface area contributed by atoms with Gasteiger partial charge in [0.25, 0.3) is 0 Å². The van der Waals surface area contributed by atoms with E-state index in [1.165, 1.54) is 6.34 Å². The molecule has 0 saturated carbocycles. The molecule has 0 aliphatic carbocycles. The monoisotopic (exact) mass is 200 g/mol. The van der Waals surface area contributed by atoms with Crippen LogP contribution in [0.3, 0.4) is 0 Å². The zero-order valence-electron chi connectivity index (χ0n) is 8.19. The van der Waals surface area contributed by atoms with Gasteiger partial charge in [-0.1, -0.05) is 24.3 Å². The molecule has 1 aliphatic rings. The Labute approximate surface area is 88.8 Å². The number of aliphatic imine (C=N–C) groups is 2. The van der Waals surface area contributed by atoms with Crippen molar-refractivity contribution in [1.29, 1.82) is 0 Å². The predicted octanol–water partition coefficient (Wildman–Crippen LogP) is 1.81. The molecule has 0 amide bonds. The van der Waals surface area contributed by atoms with Crippen molar-refractivity contribution in [1.82, 2.24) is 5.43 Å². The lowest BCUT2D eigenvalue weighted by molar-refractivity contribution is 1.06. The topological polar surface area (TPSA) is 49.1 Å². The van der Waals surface area contributed by atoms with E-state index in [0.29, 0.717) is 0 Å². The minimum atomic E-state index is 1.49. The largest absolute Gasteiger partial charge is 0.268 e. The van der Waals surface area contributed by atoms with Crippen LogP contribution < -0.4 is 5.43 Å². The highest BCUT2D eigenvalue weighted by atomic mass is 15.3. The molecule has 1 N–H and O–H groups in total. The van der Waals surface area contributed by atoms with E-state index in [-0.39, 0.29) is 0 Å². The van der Waals surface area contributed by atoms with Gasteiger partial charge in [0, 0.05) is 18.6 Å². The van der Waals surface area contributed by atoms with Crippen molar-refractivity contribution in [3.8, 4) is 0 Å². The summed E-state index contributed by atoms with van der Waals surface area (Å²) in [5.74, 6) is 0. The number of hydrazone groups is 1. The van der Waals surface area contributed by atoms with E-state index in [0.717, 1.165) is 0 Å². The van der Waals surface area contributed by atoms with Crippen molar-refractivity contribution < 1.29 is 0 Å². The summed E-state index contributed by atoms with van der Waals surface area (Å²) in [6.07, 6.45) is 19.2. The number of hydrogen-bond donors (Lipinski definition) is 1. The van der Waals surface area contributed by atoms with Gasteiger partial charge in [-0.15, -0.1) is 0 Å². The third-order valence-corrected chi connectivity index (χ3v) is 1.33. The SMILES string of the molecule is C1=CC=CN=CC=NNC=NC=CC=C1. The maximum atomic E-state index is 3.95. The summed E-state index contributed by atoms with van der Waals surface area (Å²) in [7, 11) is 0. The van der Waals surface area contributed by atoms with E-state index in [2.05, 4.69) is 20.5 Å². The molecule has 15 heavy (non-hydrogen) atoms. The van der Waals surface area contributed by atoms with Crippen molar-refractivity contribution in [2.75, 3.05) is 0 Å². The van der Waals surface area contributed by atoms with E-state index in [4.69, 9.17) is 0 Å². The van der Waals surface area contributed by atoms with E-state index in [1.54, 1.807) is 24.8 Å². The molecule has 0 bridgehead atoms. The highest BCUT2D eigenvalue weighted by Gasteiger charge is 1.68. The van der Waals surface area contributed by atoms with Crippen LogP contribution in [0.4, 0.5) is 0 Å². The lowest BCUT2D eigenvalue weighted by atomic mass is 10.4. The Bertz CT molecular complexity index is 323. The van der Waals surface area contributed by atoms with E-state index >= 15 is 0 Å². The summed E-state index contributed by atoms with van der Waals surface area (Å²) in [6, 6.07) is 0. The smallest absolute Gasteiger partial charge is 0.108 e. The molecule has 0 radical (unpaired) electrons. The maximum Gasteiger partial charge on any atom is 0.108 e. The molecule has 0 spiro atoms. The van der Waals surface area contributed by atoms with Gasteiger partial charge in [0.05, 0.1) is 6.21 Å². The summed E-state index contributed by atoms with van der Waals surface area (Å²) in [4.78, 5) is 7.87. The molecule has 0 atom stereocenters. The number of allylic oxidation sites excluding steroid dienone is 6. The maximum absolute atomic E-state index is 3.95. The van der Waals surface area contributed by atoms with E-state index in [9.17, 15) is 0 Å². The molecular weight excluding hydrogens is 188 g/mol. The minimum absolute atomic E-state index is 1.49. The first-order valence-corrected chi connectivity index (χ1v) is 4.47. The van der Waals surface area contributed by atoms with Gasteiger partial charge in [-0.2, -0.15) is 5.10 Å². The summed E-state index contributed by atoms with van der Waals surface area (Å²) in [5.41, 5.74) is 2.63. The van der Waals surface area contributed by atoms with Crippen LogP contribution in [0.5, 0.6) is 0 Å². The second kappa shape index (κ2) is 8.37. The van der Waals surface area contributed by atoms with Gasteiger partial charge in [0.1, 0.15) is 6.34 Å². The second-order valence-electron chi connectivity index (χ2n) is 2.44. The Morgan fingerprint density at radius 2 is 1.33 bits per heavy atom. The van der Waals surface area contributed by atoms with E-state index in [1.807, 2.05) is 36.5 Å². The summed E-state index contributed by atoms with van der Waals surface area (Å²) < 4.78 is 0. The number of nitrogens with zero attached hydrogens (tertiary/aromatic N) is 3. The van der Waals surface area contributed by atoms with Crippen molar-refractivity contribution in [3.63, 3.8) is 0 Å². The van der Waals surface area contributed by atoms with Gasteiger partial charge in [0.2, 0.25) is 0 Å². The summed E-state index contributed by atoms with van der Waals surface area (Å²) in [5, 5.41) is 3.80. The van der Waals surface area contributed by atoms with Crippen molar-refractivity contribution in [2.24, 2.45) is 15.1 Å². The Morgan fingerprint density at radius 1 is 0.667 bits per heavy atom. The second-order valence-corrected chi connectivity index (χ2v) is 2.44. The molecule has 0 unspecified atom stereocenters. The van der Waals surface area contributed by atoms with Gasteiger partial charge >= 0.3 is 0 Å². The Kier molecular flexibility index (Phi) is 6.05. The number of nitrogens with one attached hydrogen (secondary N) is 1. The van der Waals surface area contributed by atoms with Gasteiger partial charge in [-0.25, -0.2) is 4.99 Å². The van der Waals surface area contributed by atoms with Gasteiger partial charge in [-0.05, 0) is 12.2 Å². The lowest BCUT2D eigenvalue weighted by Crippen LogP contribution is -2.00. The van der Waals surface area contributed by atoms with Crippen LogP contribution in [0.15, 0.2) is 63.9 Å². The molecular formula is C11H12N4. The van der Waals surface area contributed by atoms with Crippen LogP contribution in [0.2, 0.25) is 0 Å². The molecule has 0 fully saturated rings. The number of rotatable bonds is 0. The Balaban J connectivity index is 2.62. The average Bonchev–Trinajstić information content (AvgIpc) is 2.27. The van der Waals surface area contributed by atoms with Crippen molar-refractivity contribution >= 4 is 18.8 Å². The van der Waals surface area contributed by atoms with E-state index < -0.39 is 0 Å². The Morgan fingerprint density at radius 3 is 2.13 bits per heavy atom. The molecule has 0 aromatic carbocycles. The fourth-order valence-electron chi connectivity index (χ4n) is 0.730. The molecule has 0 saturated heterocycles. The molecule has 1 aliphatic heterocycles. The third kappa shape index (κ3) is 6.89. The standard InChI is InChI=1S/C11H12N4/c1-2-4-6-8-13-11-15-14-10-9-12-7-5-3-1/h1-11H,(H,13,15). The molecule has 0 aromatic heterocycles. The fraction of sp³-hybridized carbons (Fsp3) is 0. The van der Waals surface area contributed by atoms with Crippen LogP contribution >= 0.6 is 0 Å². The highest BCUT2D eigenvalue weighted by molar-refractivity contribution is 6.16. The molecule has 1 heterocycles. The molecule has 4 heteroatoms. The van der Waals surface area contributed by atoms with Crippen molar-refractivity contribution in [3.05, 3.63) is 48.9 Å². The fourth-order valence-corrected chi connectivity index (χ4v) is 0.730. The third-order valence-electron chi connectivity index (χ3n) is 1.33. The van der Waals surface area contributed by atoms with Crippen LogP contribution in [0.1, 0.15) is 0 Å². The zero-order valence-corrected chi connectivity index (χ0v) is 8.19. The zero-order chi connectivity index (χ0) is 10.6. The van der Waals surface area contributed by atoms with Crippen LogP contribution in [-0.2, 0) is 0 Å². The molecule has 76 valence electrons. The van der Waals surface area contributed by atoms with Gasteiger partial charge < -0.3 is 0 Å². The quantitative estimate of drug-likeness (QED) is 0.637. The van der Waals surface area contributed by atoms with Crippen LogP contribution in [0, 0.1) is 0 Å². The lowest BCUT2D eigenvalue weighted by Gasteiger charge is -1.83. The van der Waals surface area contributed by atoms with Gasteiger partial charge in [-0.3, -0.25) is 10.4 Å². The average molecular weight is 200 g/mol. The van der Waals surface area contributed by atoms with Crippen molar-refractivity contribution in [2.45, 2.75) is 0 Å². The first-order valence-electron chi connectivity index (χ1n) is 4.47. The molecule has 4 nitrogen and oxygen atoms in total. The molecule has 1 rings (SSSR count).